The molecule has 2 aromatic carbocycles. The smallest absolute Gasteiger partial charge is 0.172 e. The van der Waals surface area contributed by atoms with Crippen molar-refractivity contribution in [2.75, 3.05) is 0 Å². The van der Waals surface area contributed by atoms with Crippen molar-refractivity contribution in [1.29, 1.82) is 0 Å². The predicted molar refractivity (Wildman–Crippen MR) is 81.3 cm³/mol. The molecule has 0 radical (unpaired) electrons. The molecule has 3 rings (SSSR count). The van der Waals surface area contributed by atoms with Crippen molar-refractivity contribution in [2.45, 2.75) is 0 Å². The molecule has 0 fully saturated rings. The zero-order valence-corrected chi connectivity index (χ0v) is 11.9. The molecule has 100 valence electrons. The third-order valence-corrected chi connectivity index (χ3v) is 3.54. The molecule has 0 amide bonds. The second kappa shape index (κ2) is 4.97. The molecule has 1 aromatic heterocycles. The highest BCUT2D eigenvalue weighted by atomic mass is 79.9. The lowest BCUT2D eigenvalue weighted by atomic mass is 10.1. The zero-order chi connectivity index (χ0) is 14.1. The molecule has 20 heavy (non-hydrogen) atoms. The number of benzene rings is 2. The SMILES string of the molecule is N/C(=N/O)c1cc(Br)ccc1-n1ncc2ccccc21. The van der Waals surface area contributed by atoms with Crippen LogP contribution in [0.25, 0.3) is 16.6 Å². The van der Waals surface area contributed by atoms with E-state index in [1.165, 1.54) is 0 Å². The molecule has 0 aliphatic rings. The second-order valence-electron chi connectivity index (χ2n) is 4.26. The predicted octanol–water partition coefficient (Wildman–Crippen LogP) is 2.88. The van der Waals surface area contributed by atoms with E-state index in [4.69, 9.17) is 10.9 Å². The van der Waals surface area contributed by atoms with E-state index >= 15 is 0 Å². The van der Waals surface area contributed by atoms with E-state index in [9.17, 15) is 0 Å². The Bertz CT molecular complexity index is 810. The summed E-state index contributed by atoms with van der Waals surface area (Å²) in [5, 5.41) is 17.4. The standard InChI is InChI=1S/C14H11BrN4O/c15-10-5-6-13(11(7-10)14(16)18-20)19-12-4-2-1-3-9(12)8-17-19/h1-8,20H,(H2,16,18). The van der Waals surface area contributed by atoms with E-state index in [2.05, 4.69) is 26.2 Å². The van der Waals surface area contributed by atoms with Crippen molar-refractivity contribution < 1.29 is 5.21 Å². The number of hydrogen-bond donors (Lipinski definition) is 2. The summed E-state index contributed by atoms with van der Waals surface area (Å²) in [5.74, 6) is 0.0425. The van der Waals surface area contributed by atoms with Crippen LogP contribution in [0.5, 0.6) is 0 Å². The average Bonchev–Trinajstić information content (AvgIpc) is 2.90. The maximum absolute atomic E-state index is 8.93. The largest absolute Gasteiger partial charge is 0.409 e. The summed E-state index contributed by atoms with van der Waals surface area (Å²) in [7, 11) is 0. The third-order valence-electron chi connectivity index (χ3n) is 3.05. The molecule has 0 aliphatic carbocycles. The van der Waals surface area contributed by atoms with Gasteiger partial charge < -0.3 is 10.9 Å². The number of nitrogens with zero attached hydrogens (tertiary/aromatic N) is 3. The molecule has 0 saturated carbocycles. The Labute approximate surface area is 123 Å². The van der Waals surface area contributed by atoms with Gasteiger partial charge in [-0.05, 0) is 24.3 Å². The summed E-state index contributed by atoms with van der Waals surface area (Å²) >= 11 is 3.38. The first-order chi connectivity index (χ1) is 9.70. The van der Waals surface area contributed by atoms with Crippen molar-refractivity contribution in [3.63, 3.8) is 0 Å². The summed E-state index contributed by atoms with van der Waals surface area (Å²) < 4.78 is 2.62. The van der Waals surface area contributed by atoms with Crippen LogP contribution in [0.1, 0.15) is 5.56 Å². The molecule has 3 aromatic rings. The number of fused-ring (bicyclic) bond motifs is 1. The molecular weight excluding hydrogens is 320 g/mol. The van der Waals surface area contributed by atoms with E-state index in [-0.39, 0.29) is 5.84 Å². The van der Waals surface area contributed by atoms with Crippen LogP contribution in [-0.4, -0.2) is 20.8 Å². The minimum Gasteiger partial charge on any atom is -0.409 e. The van der Waals surface area contributed by atoms with Crippen LogP contribution in [0.4, 0.5) is 0 Å². The molecule has 5 nitrogen and oxygen atoms in total. The summed E-state index contributed by atoms with van der Waals surface area (Å²) in [5.41, 5.74) is 8.07. The Balaban J connectivity index is 2.29. The Hall–Kier alpha value is -2.34. The molecular formula is C14H11BrN4O. The van der Waals surface area contributed by atoms with Crippen molar-refractivity contribution >= 4 is 32.7 Å². The fourth-order valence-electron chi connectivity index (χ4n) is 2.12. The van der Waals surface area contributed by atoms with Crippen molar-refractivity contribution in [3.05, 3.63) is 58.7 Å². The van der Waals surface area contributed by atoms with Crippen LogP contribution in [0, 0.1) is 0 Å². The Morgan fingerprint density at radius 2 is 2.05 bits per heavy atom. The lowest BCUT2D eigenvalue weighted by molar-refractivity contribution is 0.318. The summed E-state index contributed by atoms with van der Waals surface area (Å²) in [6.07, 6.45) is 1.79. The molecule has 1 heterocycles. The molecule has 0 saturated heterocycles. The van der Waals surface area contributed by atoms with Crippen LogP contribution < -0.4 is 5.73 Å². The van der Waals surface area contributed by atoms with Gasteiger partial charge in [0.25, 0.3) is 0 Å². The number of aromatic nitrogens is 2. The van der Waals surface area contributed by atoms with Gasteiger partial charge in [0.1, 0.15) is 0 Å². The number of para-hydroxylation sites is 1. The van der Waals surface area contributed by atoms with Gasteiger partial charge >= 0.3 is 0 Å². The maximum Gasteiger partial charge on any atom is 0.172 e. The monoisotopic (exact) mass is 330 g/mol. The van der Waals surface area contributed by atoms with Gasteiger partial charge in [0.15, 0.2) is 5.84 Å². The van der Waals surface area contributed by atoms with Crippen LogP contribution in [0.15, 0.2) is 58.3 Å². The fourth-order valence-corrected chi connectivity index (χ4v) is 2.48. The van der Waals surface area contributed by atoms with E-state index in [0.717, 1.165) is 21.1 Å². The van der Waals surface area contributed by atoms with Crippen molar-refractivity contribution in [2.24, 2.45) is 10.9 Å². The van der Waals surface area contributed by atoms with Gasteiger partial charge in [-0.25, -0.2) is 4.68 Å². The van der Waals surface area contributed by atoms with Crippen molar-refractivity contribution in [1.82, 2.24) is 9.78 Å². The number of rotatable bonds is 2. The molecule has 3 N–H and O–H groups in total. The molecule has 0 unspecified atom stereocenters. The van der Waals surface area contributed by atoms with E-state index in [1.807, 2.05) is 36.4 Å². The molecule has 0 atom stereocenters. The highest BCUT2D eigenvalue weighted by molar-refractivity contribution is 9.10. The number of halogens is 1. The highest BCUT2D eigenvalue weighted by Gasteiger charge is 2.12. The van der Waals surface area contributed by atoms with Crippen LogP contribution >= 0.6 is 15.9 Å². The molecule has 6 heteroatoms. The summed E-state index contributed by atoms with van der Waals surface area (Å²) in [4.78, 5) is 0. The third kappa shape index (κ3) is 2.04. The van der Waals surface area contributed by atoms with Gasteiger partial charge in [-0.2, -0.15) is 5.10 Å². The quantitative estimate of drug-likeness (QED) is 0.328. The summed E-state index contributed by atoms with van der Waals surface area (Å²) in [6, 6.07) is 13.4. The highest BCUT2D eigenvalue weighted by Crippen LogP contribution is 2.23. The molecule has 0 spiro atoms. The minimum atomic E-state index is 0.0425. The van der Waals surface area contributed by atoms with Gasteiger partial charge in [0.2, 0.25) is 0 Å². The second-order valence-corrected chi connectivity index (χ2v) is 5.18. The maximum atomic E-state index is 8.93. The molecule has 0 bridgehead atoms. The minimum absolute atomic E-state index is 0.0425. The van der Waals surface area contributed by atoms with E-state index in [1.54, 1.807) is 16.9 Å². The average molecular weight is 331 g/mol. The van der Waals surface area contributed by atoms with Crippen LogP contribution in [-0.2, 0) is 0 Å². The first kappa shape index (κ1) is 12.7. The number of oxime groups is 1. The van der Waals surface area contributed by atoms with Gasteiger partial charge in [-0.3, -0.25) is 0 Å². The first-order valence-corrected chi connectivity index (χ1v) is 6.70. The zero-order valence-electron chi connectivity index (χ0n) is 10.4. The number of amidine groups is 1. The van der Waals surface area contributed by atoms with E-state index < -0.39 is 0 Å². The van der Waals surface area contributed by atoms with Gasteiger partial charge in [-0.15, -0.1) is 0 Å². The normalized spacial score (nSPS) is 11.9. The first-order valence-electron chi connectivity index (χ1n) is 5.91. The fraction of sp³-hybridized carbons (Fsp3) is 0. The lowest BCUT2D eigenvalue weighted by Gasteiger charge is -2.10. The number of hydrogen-bond acceptors (Lipinski definition) is 3. The van der Waals surface area contributed by atoms with Crippen LogP contribution in [0.2, 0.25) is 0 Å². The van der Waals surface area contributed by atoms with Gasteiger partial charge in [0, 0.05) is 15.4 Å². The topological polar surface area (TPSA) is 76.4 Å². The lowest BCUT2D eigenvalue weighted by Crippen LogP contribution is -2.16. The molecule has 0 aliphatic heterocycles. The Kier molecular flexibility index (Phi) is 3.15. The van der Waals surface area contributed by atoms with Crippen LogP contribution in [0.3, 0.4) is 0 Å². The van der Waals surface area contributed by atoms with Gasteiger partial charge in [-0.1, -0.05) is 39.3 Å². The Morgan fingerprint density at radius 3 is 2.85 bits per heavy atom. The van der Waals surface area contributed by atoms with Crippen molar-refractivity contribution in [3.8, 4) is 5.69 Å². The number of nitrogens with two attached hydrogens (primary N) is 1. The van der Waals surface area contributed by atoms with Gasteiger partial charge in [0.05, 0.1) is 17.4 Å². The Morgan fingerprint density at radius 1 is 1.25 bits per heavy atom. The summed E-state index contributed by atoms with van der Waals surface area (Å²) in [6.45, 7) is 0. The van der Waals surface area contributed by atoms with E-state index in [0.29, 0.717) is 5.56 Å².